The Morgan fingerprint density at radius 1 is 1.23 bits per heavy atom. The second-order valence-corrected chi connectivity index (χ2v) is 6.39. The number of hydrogen-bond acceptors (Lipinski definition) is 3. The molecule has 1 amide bonds. The lowest BCUT2D eigenvalue weighted by atomic mass is 9.83. The van der Waals surface area contributed by atoms with Crippen LogP contribution in [-0.4, -0.2) is 30.2 Å². The molecule has 0 N–H and O–H groups in total. The van der Waals surface area contributed by atoms with Gasteiger partial charge in [-0.3, -0.25) is 9.59 Å². The van der Waals surface area contributed by atoms with Crippen LogP contribution in [0.15, 0.2) is 42.5 Å². The SMILES string of the molecule is CN1C[C@H](c2ccc(F)c(C#N)c2)[C@@H](C(=O)Cc2ccccc2F)C1=O. The van der Waals surface area contributed by atoms with Crippen LogP contribution in [0.5, 0.6) is 0 Å². The molecule has 0 unspecified atom stereocenters. The molecule has 1 aliphatic rings. The molecule has 4 nitrogen and oxygen atoms in total. The molecule has 1 aliphatic heterocycles. The van der Waals surface area contributed by atoms with Gasteiger partial charge < -0.3 is 4.90 Å². The Morgan fingerprint density at radius 2 is 1.96 bits per heavy atom. The standard InChI is InChI=1S/C20H16F2N2O2/c1-24-11-15(12-6-7-17(22)14(8-12)10-23)19(20(24)26)18(25)9-13-4-2-3-5-16(13)21/h2-8,15,19H,9,11H2,1H3/t15-,19+/m1/s1. The fourth-order valence-corrected chi connectivity index (χ4v) is 3.36. The van der Waals surface area contributed by atoms with Crippen LogP contribution in [0.3, 0.4) is 0 Å². The van der Waals surface area contributed by atoms with Crippen LogP contribution in [0.4, 0.5) is 8.78 Å². The van der Waals surface area contributed by atoms with Crippen molar-refractivity contribution >= 4 is 11.7 Å². The molecule has 0 saturated carbocycles. The van der Waals surface area contributed by atoms with Gasteiger partial charge in [0, 0.05) is 25.9 Å². The van der Waals surface area contributed by atoms with E-state index in [2.05, 4.69) is 0 Å². The van der Waals surface area contributed by atoms with Gasteiger partial charge in [-0.15, -0.1) is 0 Å². The Hall–Kier alpha value is -3.07. The van der Waals surface area contributed by atoms with E-state index in [1.165, 1.54) is 35.2 Å². The van der Waals surface area contributed by atoms with Gasteiger partial charge in [0.25, 0.3) is 0 Å². The fraction of sp³-hybridized carbons (Fsp3) is 0.250. The Morgan fingerprint density at radius 3 is 2.65 bits per heavy atom. The quantitative estimate of drug-likeness (QED) is 0.793. The van der Waals surface area contributed by atoms with Gasteiger partial charge >= 0.3 is 0 Å². The molecule has 26 heavy (non-hydrogen) atoms. The van der Waals surface area contributed by atoms with Crippen LogP contribution < -0.4 is 0 Å². The highest BCUT2D eigenvalue weighted by Crippen LogP contribution is 2.35. The Labute approximate surface area is 149 Å². The number of nitrogens with zero attached hydrogens (tertiary/aromatic N) is 2. The lowest BCUT2D eigenvalue weighted by Gasteiger charge is -2.17. The minimum atomic E-state index is -0.975. The highest BCUT2D eigenvalue weighted by Gasteiger charge is 2.44. The van der Waals surface area contributed by atoms with Crippen LogP contribution in [-0.2, 0) is 16.0 Å². The molecular formula is C20H16F2N2O2. The summed E-state index contributed by atoms with van der Waals surface area (Å²) in [4.78, 5) is 26.7. The van der Waals surface area contributed by atoms with Crippen LogP contribution >= 0.6 is 0 Å². The second-order valence-electron chi connectivity index (χ2n) is 6.39. The number of carbonyl (C=O) groups excluding carboxylic acids is 2. The minimum absolute atomic E-state index is 0.134. The van der Waals surface area contributed by atoms with Crippen molar-refractivity contribution in [2.24, 2.45) is 5.92 Å². The molecule has 0 aliphatic carbocycles. The molecule has 0 spiro atoms. The summed E-state index contributed by atoms with van der Waals surface area (Å²) in [6.07, 6.45) is -0.195. The van der Waals surface area contributed by atoms with E-state index >= 15 is 0 Å². The molecule has 0 aromatic heterocycles. The zero-order valence-electron chi connectivity index (χ0n) is 14.1. The largest absolute Gasteiger partial charge is 0.344 e. The van der Waals surface area contributed by atoms with Crippen molar-refractivity contribution in [1.82, 2.24) is 4.90 Å². The number of amides is 1. The third kappa shape index (κ3) is 3.21. The van der Waals surface area contributed by atoms with Gasteiger partial charge in [0.2, 0.25) is 5.91 Å². The van der Waals surface area contributed by atoms with E-state index in [1.807, 2.05) is 0 Å². The Kier molecular flexibility index (Phi) is 4.81. The first kappa shape index (κ1) is 17.7. The third-order valence-corrected chi connectivity index (χ3v) is 4.72. The predicted octanol–water partition coefficient (Wildman–Crippen LogP) is 2.82. The summed E-state index contributed by atoms with van der Waals surface area (Å²) in [6, 6.07) is 11.7. The maximum atomic E-state index is 13.8. The molecule has 1 heterocycles. The topological polar surface area (TPSA) is 61.2 Å². The molecule has 2 atom stereocenters. The molecular weight excluding hydrogens is 338 g/mol. The van der Waals surface area contributed by atoms with Gasteiger partial charge in [-0.25, -0.2) is 8.78 Å². The number of carbonyl (C=O) groups is 2. The van der Waals surface area contributed by atoms with Crippen molar-refractivity contribution in [1.29, 1.82) is 5.26 Å². The van der Waals surface area contributed by atoms with E-state index in [0.717, 1.165) is 6.07 Å². The number of likely N-dealkylation sites (tertiary alicyclic amines) is 1. The highest BCUT2D eigenvalue weighted by atomic mass is 19.1. The van der Waals surface area contributed by atoms with Crippen molar-refractivity contribution in [3.63, 3.8) is 0 Å². The van der Waals surface area contributed by atoms with E-state index in [1.54, 1.807) is 19.2 Å². The van der Waals surface area contributed by atoms with Crippen molar-refractivity contribution in [2.45, 2.75) is 12.3 Å². The first-order valence-corrected chi connectivity index (χ1v) is 8.13. The smallest absolute Gasteiger partial charge is 0.233 e. The third-order valence-electron chi connectivity index (χ3n) is 4.72. The Bertz CT molecular complexity index is 920. The minimum Gasteiger partial charge on any atom is -0.344 e. The Balaban J connectivity index is 1.93. The highest BCUT2D eigenvalue weighted by molar-refractivity contribution is 6.04. The molecule has 132 valence electrons. The monoisotopic (exact) mass is 354 g/mol. The summed E-state index contributed by atoms with van der Waals surface area (Å²) >= 11 is 0. The summed E-state index contributed by atoms with van der Waals surface area (Å²) in [5.74, 6) is -3.36. The number of nitriles is 1. The molecule has 1 saturated heterocycles. The van der Waals surface area contributed by atoms with Gasteiger partial charge in [0.15, 0.2) is 0 Å². The van der Waals surface area contributed by atoms with Gasteiger partial charge in [-0.2, -0.15) is 5.26 Å². The summed E-state index contributed by atoms with van der Waals surface area (Å²) in [7, 11) is 1.58. The zero-order valence-corrected chi connectivity index (χ0v) is 14.1. The van der Waals surface area contributed by atoms with Gasteiger partial charge in [-0.05, 0) is 29.3 Å². The molecule has 2 aromatic rings. The summed E-state index contributed by atoms with van der Waals surface area (Å²) < 4.78 is 27.4. The van der Waals surface area contributed by atoms with E-state index in [9.17, 15) is 18.4 Å². The molecule has 6 heteroatoms. The summed E-state index contributed by atoms with van der Waals surface area (Å²) in [5, 5.41) is 9.01. The van der Waals surface area contributed by atoms with Gasteiger partial charge in [0.05, 0.1) is 5.56 Å². The number of ketones is 1. The second kappa shape index (κ2) is 7.04. The average Bonchev–Trinajstić information content (AvgIpc) is 2.92. The zero-order chi connectivity index (χ0) is 18.8. The van der Waals surface area contributed by atoms with E-state index in [-0.39, 0.29) is 30.0 Å². The lowest BCUT2D eigenvalue weighted by Crippen LogP contribution is -2.29. The number of likely N-dealkylation sites (N-methyl/N-ethyl adjacent to an activating group) is 1. The van der Waals surface area contributed by atoms with Crippen molar-refractivity contribution in [3.8, 4) is 6.07 Å². The molecule has 0 bridgehead atoms. The van der Waals surface area contributed by atoms with Crippen molar-refractivity contribution < 1.29 is 18.4 Å². The molecule has 3 rings (SSSR count). The molecule has 2 aromatic carbocycles. The van der Waals surface area contributed by atoms with Gasteiger partial charge in [0.1, 0.15) is 29.4 Å². The number of benzene rings is 2. The van der Waals surface area contributed by atoms with Crippen LogP contribution in [0.2, 0.25) is 0 Å². The average molecular weight is 354 g/mol. The predicted molar refractivity (Wildman–Crippen MR) is 90.1 cm³/mol. The summed E-state index contributed by atoms with van der Waals surface area (Å²) in [6.45, 7) is 0.281. The van der Waals surface area contributed by atoms with E-state index in [0.29, 0.717) is 5.56 Å². The van der Waals surface area contributed by atoms with Crippen LogP contribution in [0.25, 0.3) is 0 Å². The van der Waals surface area contributed by atoms with Crippen molar-refractivity contribution in [3.05, 3.63) is 70.8 Å². The number of Topliss-reactive ketones (excluding diaryl/α,β-unsaturated/α-hetero) is 1. The molecule has 0 radical (unpaired) electrons. The summed E-state index contributed by atoms with van der Waals surface area (Å²) in [5.41, 5.74) is 0.646. The normalized spacial score (nSPS) is 19.5. The van der Waals surface area contributed by atoms with Crippen molar-refractivity contribution in [2.75, 3.05) is 13.6 Å². The van der Waals surface area contributed by atoms with E-state index in [4.69, 9.17) is 5.26 Å². The number of halogens is 2. The van der Waals surface area contributed by atoms with E-state index < -0.39 is 29.3 Å². The fourth-order valence-electron chi connectivity index (χ4n) is 3.36. The number of rotatable bonds is 4. The maximum Gasteiger partial charge on any atom is 0.233 e. The maximum absolute atomic E-state index is 13.8. The molecule has 1 fully saturated rings. The van der Waals surface area contributed by atoms with Gasteiger partial charge in [-0.1, -0.05) is 24.3 Å². The number of hydrogen-bond donors (Lipinski definition) is 0. The first-order valence-electron chi connectivity index (χ1n) is 8.13. The first-order chi connectivity index (χ1) is 12.4. The van der Waals surface area contributed by atoms with Crippen LogP contribution in [0, 0.1) is 28.9 Å². The van der Waals surface area contributed by atoms with Crippen LogP contribution in [0.1, 0.15) is 22.6 Å². The lowest BCUT2D eigenvalue weighted by molar-refractivity contribution is -0.136.